The van der Waals surface area contributed by atoms with Gasteiger partial charge in [0.1, 0.15) is 0 Å². The summed E-state index contributed by atoms with van der Waals surface area (Å²) in [5.74, 6) is 0. The summed E-state index contributed by atoms with van der Waals surface area (Å²) in [6.07, 6.45) is 0. The Kier molecular flexibility index (Phi) is 5.65. The van der Waals surface area contributed by atoms with E-state index in [2.05, 4.69) is 115 Å². The van der Waals surface area contributed by atoms with E-state index in [4.69, 9.17) is 5.73 Å². The third kappa shape index (κ3) is 3.99. The highest BCUT2D eigenvalue weighted by atomic mass is 14.5. The van der Waals surface area contributed by atoms with Crippen LogP contribution in [0.25, 0.3) is 44.5 Å². The molecule has 0 aromatic heterocycles. The normalized spacial score (nSPS) is 10.8. The zero-order valence-corrected chi connectivity index (χ0v) is 17.9. The van der Waals surface area contributed by atoms with Crippen molar-refractivity contribution in [1.82, 2.24) is 0 Å². The molecule has 5 rings (SSSR count). The fourth-order valence-electron chi connectivity index (χ4n) is 4.28. The maximum atomic E-state index is 6.16. The molecule has 0 heterocycles. The van der Waals surface area contributed by atoms with Crippen molar-refractivity contribution in [2.45, 2.75) is 6.54 Å². The molecule has 5 aromatic rings. The third-order valence-corrected chi connectivity index (χ3v) is 5.95. The van der Waals surface area contributed by atoms with Crippen molar-refractivity contribution in [3.8, 4) is 44.5 Å². The van der Waals surface area contributed by atoms with Gasteiger partial charge in [-0.25, -0.2) is 0 Å². The molecule has 0 atom stereocenters. The van der Waals surface area contributed by atoms with Crippen LogP contribution in [0.1, 0.15) is 5.56 Å². The van der Waals surface area contributed by atoms with Gasteiger partial charge in [0.2, 0.25) is 0 Å². The summed E-state index contributed by atoms with van der Waals surface area (Å²) in [7, 11) is 0. The Bertz CT molecular complexity index is 1300. The van der Waals surface area contributed by atoms with Gasteiger partial charge in [-0.2, -0.15) is 0 Å². The van der Waals surface area contributed by atoms with E-state index >= 15 is 0 Å². The number of rotatable bonds is 5. The maximum absolute atomic E-state index is 6.16. The molecule has 2 N–H and O–H groups in total. The minimum absolute atomic E-state index is 0.506. The van der Waals surface area contributed by atoms with Crippen molar-refractivity contribution in [2.75, 3.05) is 0 Å². The lowest BCUT2D eigenvalue weighted by atomic mass is 9.89. The van der Waals surface area contributed by atoms with Gasteiger partial charge in [-0.3, -0.25) is 0 Å². The average Bonchev–Trinajstić information content (AvgIpc) is 2.89. The fraction of sp³-hybridized carbons (Fsp3) is 0.0323. The molecule has 0 radical (unpaired) electrons. The second-order valence-electron chi connectivity index (χ2n) is 7.93. The molecule has 32 heavy (non-hydrogen) atoms. The second-order valence-corrected chi connectivity index (χ2v) is 7.93. The van der Waals surface area contributed by atoms with Crippen LogP contribution >= 0.6 is 0 Å². The number of nitrogens with two attached hydrogens (primary N) is 1. The molecule has 1 heteroatoms. The summed E-state index contributed by atoms with van der Waals surface area (Å²) >= 11 is 0. The van der Waals surface area contributed by atoms with Gasteiger partial charge in [-0.05, 0) is 50.1 Å². The minimum Gasteiger partial charge on any atom is -0.326 e. The van der Waals surface area contributed by atoms with Crippen LogP contribution in [0, 0.1) is 0 Å². The molecule has 0 unspecified atom stereocenters. The molecular formula is C31H25N. The van der Waals surface area contributed by atoms with Gasteiger partial charge in [0.05, 0.1) is 0 Å². The van der Waals surface area contributed by atoms with Gasteiger partial charge >= 0.3 is 0 Å². The Morgan fingerprint density at radius 3 is 1.31 bits per heavy atom. The van der Waals surface area contributed by atoms with Gasteiger partial charge in [0.25, 0.3) is 0 Å². The van der Waals surface area contributed by atoms with Gasteiger partial charge in [-0.1, -0.05) is 127 Å². The van der Waals surface area contributed by atoms with E-state index in [0.29, 0.717) is 6.54 Å². The van der Waals surface area contributed by atoms with Crippen LogP contribution in [-0.4, -0.2) is 0 Å². The van der Waals surface area contributed by atoms with E-state index in [9.17, 15) is 0 Å². The van der Waals surface area contributed by atoms with Crippen LogP contribution in [0.2, 0.25) is 0 Å². The lowest BCUT2D eigenvalue weighted by molar-refractivity contribution is 1.07. The lowest BCUT2D eigenvalue weighted by Gasteiger charge is -2.16. The van der Waals surface area contributed by atoms with Crippen molar-refractivity contribution in [3.63, 3.8) is 0 Å². The standard InChI is InChI=1S/C31H25N/c32-22-29-12-7-13-30(27-18-14-25(15-19-27)23-8-3-1-4-9-23)31(29)28-20-16-26(17-21-28)24-10-5-2-6-11-24/h1-21H,22,32H2. The highest BCUT2D eigenvalue weighted by molar-refractivity contribution is 5.87. The van der Waals surface area contributed by atoms with Gasteiger partial charge in [0.15, 0.2) is 0 Å². The molecule has 5 aromatic carbocycles. The Hall–Kier alpha value is -3.94. The predicted octanol–water partition coefficient (Wildman–Crippen LogP) is 7.81. The van der Waals surface area contributed by atoms with Gasteiger partial charge < -0.3 is 5.73 Å². The Balaban J connectivity index is 1.55. The number of benzene rings is 5. The van der Waals surface area contributed by atoms with E-state index < -0.39 is 0 Å². The van der Waals surface area contributed by atoms with Gasteiger partial charge in [0, 0.05) is 6.54 Å². The van der Waals surface area contributed by atoms with Crippen molar-refractivity contribution in [2.24, 2.45) is 5.73 Å². The lowest BCUT2D eigenvalue weighted by Crippen LogP contribution is -2.00. The fourth-order valence-corrected chi connectivity index (χ4v) is 4.28. The highest BCUT2D eigenvalue weighted by Gasteiger charge is 2.12. The maximum Gasteiger partial charge on any atom is 0.0184 e. The van der Waals surface area contributed by atoms with Gasteiger partial charge in [-0.15, -0.1) is 0 Å². The van der Waals surface area contributed by atoms with Crippen molar-refractivity contribution in [1.29, 1.82) is 0 Å². The summed E-state index contributed by atoms with van der Waals surface area (Å²) in [4.78, 5) is 0. The van der Waals surface area contributed by atoms with E-state index in [1.165, 1.54) is 44.5 Å². The van der Waals surface area contributed by atoms with E-state index in [0.717, 1.165) is 5.56 Å². The predicted molar refractivity (Wildman–Crippen MR) is 136 cm³/mol. The molecule has 0 spiro atoms. The molecule has 0 aliphatic heterocycles. The Labute approximate surface area is 189 Å². The SMILES string of the molecule is NCc1cccc(-c2ccc(-c3ccccc3)cc2)c1-c1ccc(-c2ccccc2)cc1. The summed E-state index contributed by atoms with van der Waals surface area (Å²) < 4.78 is 0. The molecule has 0 saturated carbocycles. The van der Waals surface area contributed by atoms with Crippen LogP contribution in [-0.2, 0) is 6.54 Å². The molecular weight excluding hydrogens is 386 g/mol. The van der Waals surface area contributed by atoms with Crippen molar-refractivity contribution in [3.05, 3.63) is 133 Å². The Morgan fingerprint density at radius 2 is 0.812 bits per heavy atom. The van der Waals surface area contributed by atoms with E-state index in [1.807, 2.05) is 12.1 Å². The van der Waals surface area contributed by atoms with E-state index in [-0.39, 0.29) is 0 Å². The van der Waals surface area contributed by atoms with Crippen LogP contribution < -0.4 is 5.73 Å². The van der Waals surface area contributed by atoms with Crippen LogP contribution in [0.15, 0.2) is 127 Å². The molecule has 0 aliphatic carbocycles. The first kappa shape index (κ1) is 20.0. The monoisotopic (exact) mass is 411 g/mol. The summed E-state index contributed by atoms with van der Waals surface area (Å²) in [6.45, 7) is 0.506. The molecule has 0 amide bonds. The molecule has 1 nitrogen and oxygen atoms in total. The largest absolute Gasteiger partial charge is 0.326 e. The molecule has 0 bridgehead atoms. The minimum atomic E-state index is 0.506. The summed E-state index contributed by atoms with van der Waals surface area (Å²) in [5.41, 5.74) is 17.0. The summed E-state index contributed by atoms with van der Waals surface area (Å²) in [6, 6.07) is 45.0. The number of hydrogen-bond acceptors (Lipinski definition) is 1. The zero-order chi connectivity index (χ0) is 21.8. The average molecular weight is 412 g/mol. The first-order chi connectivity index (χ1) is 15.8. The second kappa shape index (κ2) is 9.05. The molecule has 154 valence electrons. The van der Waals surface area contributed by atoms with Crippen LogP contribution in [0.4, 0.5) is 0 Å². The van der Waals surface area contributed by atoms with E-state index in [1.54, 1.807) is 0 Å². The molecule has 0 saturated heterocycles. The zero-order valence-electron chi connectivity index (χ0n) is 17.9. The Morgan fingerprint density at radius 1 is 0.375 bits per heavy atom. The van der Waals surface area contributed by atoms with Crippen molar-refractivity contribution >= 4 is 0 Å². The summed E-state index contributed by atoms with van der Waals surface area (Å²) in [5, 5.41) is 0. The smallest absolute Gasteiger partial charge is 0.0184 e. The van der Waals surface area contributed by atoms with Crippen LogP contribution in [0.5, 0.6) is 0 Å². The van der Waals surface area contributed by atoms with Crippen LogP contribution in [0.3, 0.4) is 0 Å². The molecule has 0 aliphatic rings. The first-order valence-electron chi connectivity index (χ1n) is 11.0. The first-order valence-corrected chi connectivity index (χ1v) is 11.0. The number of hydrogen-bond donors (Lipinski definition) is 1. The quantitative estimate of drug-likeness (QED) is 0.313. The molecule has 0 fully saturated rings. The topological polar surface area (TPSA) is 26.0 Å². The highest BCUT2D eigenvalue weighted by Crippen LogP contribution is 2.36. The van der Waals surface area contributed by atoms with Crippen molar-refractivity contribution < 1.29 is 0 Å². The third-order valence-electron chi connectivity index (χ3n) is 5.95.